The number of aliphatic imine (C=N–C) groups is 1. The van der Waals surface area contributed by atoms with Crippen LogP contribution in [0.15, 0.2) is 17.1 Å². The van der Waals surface area contributed by atoms with E-state index in [0.717, 1.165) is 12.1 Å². The molecule has 5 heteroatoms. The van der Waals surface area contributed by atoms with Crippen LogP contribution < -0.4 is 11.1 Å². The van der Waals surface area contributed by atoms with Crippen LogP contribution in [-0.4, -0.2) is 30.1 Å². The summed E-state index contributed by atoms with van der Waals surface area (Å²) in [6.07, 6.45) is 2.63. The van der Waals surface area contributed by atoms with Gasteiger partial charge in [-0.1, -0.05) is 12.2 Å². The Labute approximate surface area is 113 Å². The number of rotatable bonds is 4. The number of halogens is 1. The maximum Gasteiger partial charge on any atom is 0.188 e. The first-order valence-electron chi connectivity index (χ1n) is 4.98. The fraction of sp³-hybridized carbons (Fsp3) is 0.700. The summed E-state index contributed by atoms with van der Waals surface area (Å²) < 4.78 is 0. The van der Waals surface area contributed by atoms with Crippen molar-refractivity contribution in [3.05, 3.63) is 12.2 Å². The lowest BCUT2D eigenvalue weighted by Crippen LogP contribution is -2.36. The molecule has 1 atom stereocenters. The summed E-state index contributed by atoms with van der Waals surface area (Å²) in [7, 11) is 0. The van der Waals surface area contributed by atoms with Crippen LogP contribution in [0.25, 0.3) is 0 Å². The third-order valence-electron chi connectivity index (χ3n) is 2.05. The number of hydrogen-bond donors (Lipinski definition) is 2. The van der Waals surface area contributed by atoms with Crippen molar-refractivity contribution in [2.75, 3.05) is 18.8 Å². The van der Waals surface area contributed by atoms with Gasteiger partial charge < -0.3 is 11.1 Å². The van der Waals surface area contributed by atoms with Crippen molar-refractivity contribution in [3.8, 4) is 0 Å². The normalized spacial score (nSPS) is 20.9. The molecule has 1 unspecified atom stereocenters. The van der Waals surface area contributed by atoms with Crippen LogP contribution in [0.5, 0.6) is 0 Å². The van der Waals surface area contributed by atoms with Crippen molar-refractivity contribution < 1.29 is 0 Å². The van der Waals surface area contributed by atoms with E-state index in [1.807, 2.05) is 18.7 Å². The van der Waals surface area contributed by atoms with Gasteiger partial charge in [-0.25, -0.2) is 4.99 Å². The zero-order valence-corrected chi connectivity index (χ0v) is 12.3. The lowest BCUT2D eigenvalue weighted by Gasteiger charge is -2.10. The zero-order valence-electron chi connectivity index (χ0n) is 9.16. The lowest BCUT2D eigenvalue weighted by molar-refractivity contribution is 0.743. The molecule has 15 heavy (non-hydrogen) atoms. The molecule has 3 N–H and O–H groups in total. The molecule has 1 aliphatic heterocycles. The molecule has 0 amide bonds. The maximum absolute atomic E-state index is 5.69. The van der Waals surface area contributed by atoms with Crippen LogP contribution in [-0.2, 0) is 0 Å². The van der Waals surface area contributed by atoms with Crippen LogP contribution >= 0.6 is 35.7 Å². The number of thioether (sulfide) groups is 1. The summed E-state index contributed by atoms with van der Waals surface area (Å²) in [5.74, 6) is 1.83. The summed E-state index contributed by atoms with van der Waals surface area (Å²) in [6.45, 7) is 7.28. The Kier molecular flexibility index (Phi) is 8.32. The number of hydrogen-bond acceptors (Lipinski definition) is 2. The van der Waals surface area contributed by atoms with E-state index < -0.39 is 0 Å². The van der Waals surface area contributed by atoms with Crippen LogP contribution in [0, 0.1) is 0 Å². The second kappa shape index (κ2) is 8.27. The van der Waals surface area contributed by atoms with Gasteiger partial charge >= 0.3 is 0 Å². The average Bonchev–Trinajstić information content (AvgIpc) is 2.63. The van der Waals surface area contributed by atoms with Crippen LogP contribution in [0.2, 0.25) is 0 Å². The van der Waals surface area contributed by atoms with Crippen molar-refractivity contribution in [1.82, 2.24) is 5.32 Å². The van der Waals surface area contributed by atoms with Gasteiger partial charge in [0.25, 0.3) is 0 Å². The first-order valence-corrected chi connectivity index (χ1v) is 6.03. The third kappa shape index (κ3) is 7.05. The average molecular weight is 341 g/mol. The molecule has 0 saturated carbocycles. The molecule has 1 rings (SSSR count). The van der Waals surface area contributed by atoms with Crippen molar-refractivity contribution in [3.63, 3.8) is 0 Å². The van der Waals surface area contributed by atoms with Gasteiger partial charge in [-0.15, -0.1) is 24.0 Å². The number of nitrogens with zero attached hydrogens (tertiary/aromatic N) is 1. The summed E-state index contributed by atoms with van der Waals surface area (Å²) in [5.41, 5.74) is 6.72. The fourth-order valence-corrected chi connectivity index (χ4v) is 2.50. The number of nitrogens with two attached hydrogens (primary N) is 1. The van der Waals surface area contributed by atoms with E-state index in [0.29, 0.717) is 17.8 Å². The third-order valence-corrected chi connectivity index (χ3v) is 3.45. The molecule has 0 spiro atoms. The Balaban J connectivity index is 0.00000196. The standard InChI is InChI=1S/C10H19N3S.HI/c1-8(2)6-12-10(11)13-7-9-4-3-5-14-9;/h9H,1,3-7H2,2H3,(H3,11,12,13);1H. The minimum atomic E-state index is 0. The maximum atomic E-state index is 5.69. The quantitative estimate of drug-likeness (QED) is 0.356. The summed E-state index contributed by atoms with van der Waals surface area (Å²) in [5, 5.41) is 3.86. The van der Waals surface area contributed by atoms with E-state index in [1.165, 1.54) is 18.6 Å². The topological polar surface area (TPSA) is 50.4 Å². The van der Waals surface area contributed by atoms with E-state index in [4.69, 9.17) is 5.73 Å². The summed E-state index contributed by atoms with van der Waals surface area (Å²) >= 11 is 2.02. The SMILES string of the molecule is C=C(C)CN=C(N)NCC1CCCS1.I. The molecule has 1 aliphatic rings. The minimum absolute atomic E-state index is 0. The largest absolute Gasteiger partial charge is 0.370 e. The molecule has 1 saturated heterocycles. The first-order chi connectivity index (χ1) is 6.68. The molecule has 3 nitrogen and oxygen atoms in total. The van der Waals surface area contributed by atoms with Gasteiger partial charge in [0.15, 0.2) is 5.96 Å². The van der Waals surface area contributed by atoms with Crippen molar-refractivity contribution in [2.45, 2.75) is 25.0 Å². The second-order valence-corrected chi connectivity index (χ2v) is 5.08. The molecular weight excluding hydrogens is 321 g/mol. The smallest absolute Gasteiger partial charge is 0.188 e. The van der Waals surface area contributed by atoms with Crippen LogP contribution in [0.1, 0.15) is 19.8 Å². The Hall–Kier alpha value is 0.0900. The second-order valence-electron chi connectivity index (χ2n) is 3.67. The van der Waals surface area contributed by atoms with Crippen LogP contribution in [0.4, 0.5) is 0 Å². The van der Waals surface area contributed by atoms with Crippen molar-refractivity contribution in [1.29, 1.82) is 0 Å². The Morgan fingerprint density at radius 1 is 1.67 bits per heavy atom. The molecular formula is C10H20IN3S. The van der Waals surface area contributed by atoms with E-state index in [1.54, 1.807) is 0 Å². The predicted octanol–water partition coefficient (Wildman–Crippen LogP) is 1.98. The van der Waals surface area contributed by atoms with Gasteiger partial charge in [0.1, 0.15) is 0 Å². The Morgan fingerprint density at radius 2 is 2.40 bits per heavy atom. The molecule has 1 fully saturated rings. The summed E-state index contributed by atoms with van der Waals surface area (Å²) in [4.78, 5) is 4.16. The lowest BCUT2D eigenvalue weighted by atomic mass is 10.2. The first kappa shape index (κ1) is 15.1. The van der Waals surface area contributed by atoms with E-state index in [9.17, 15) is 0 Å². The van der Waals surface area contributed by atoms with Gasteiger partial charge in [-0.2, -0.15) is 11.8 Å². The molecule has 1 heterocycles. The Bertz CT molecular complexity index is 225. The van der Waals surface area contributed by atoms with E-state index in [2.05, 4.69) is 16.9 Å². The van der Waals surface area contributed by atoms with Gasteiger partial charge in [-0.05, 0) is 25.5 Å². The summed E-state index contributed by atoms with van der Waals surface area (Å²) in [6, 6.07) is 0. The highest BCUT2D eigenvalue weighted by molar-refractivity contribution is 14.0. The molecule has 0 aromatic carbocycles. The highest BCUT2D eigenvalue weighted by Crippen LogP contribution is 2.24. The molecule has 0 radical (unpaired) electrons. The zero-order chi connectivity index (χ0) is 10.4. The predicted molar refractivity (Wildman–Crippen MR) is 80.2 cm³/mol. The highest BCUT2D eigenvalue weighted by Gasteiger charge is 2.14. The monoisotopic (exact) mass is 341 g/mol. The van der Waals surface area contributed by atoms with Crippen LogP contribution in [0.3, 0.4) is 0 Å². The van der Waals surface area contributed by atoms with Crippen molar-refractivity contribution >= 4 is 41.7 Å². The highest BCUT2D eigenvalue weighted by atomic mass is 127. The molecule has 0 aromatic rings. The number of nitrogens with one attached hydrogen (secondary N) is 1. The van der Waals surface area contributed by atoms with E-state index >= 15 is 0 Å². The minimum Gasteiger partial charge on any atom is -0.370 e. The molecule has 0 aliphatic carbocycles. The Morgan fingerprint density at radius 3 is 2.93 bits per heavy atom. The fourth-order valence-electron chi connectivity index (χ4n) is 1.30. The van der Waals surface area contributed by atoms with Gasteiger partial charge in [0, 0.05) is 11.8 Å². The van der Waals surface area contributed by atoms with Gasteiger partial charge in [0.2, 0.25) is 0 Å². The van der Waals surface area contributed by atoms with E-state index in [-0.39, 0.29) is 24.0 Å². The molecule has 0 bridgehead atoms. The van der Waals surface area contributed by atoms with Gasteiger partial charge in [-0.3, -0.25) is 0 Å². The molecule has 0 aromatic heterocycles. The van der Waals surface area contributed by atoms with Gasteiger partial charge in [0.05, 0.1) is 6.54 Å². The number of guanidine groups is 1. The molecule has 88 valence electrons. The van der Waals surface area contributed by atoms with Crippen molar-refractivity contribution in [2.24, 2.45) is 10.7 Å².